The number of fused-ring (bicyclic) bond motifs is 7. The first-order valence-corrected chi connectivity index (χ1v) is 33.5. The topological polar surface area (TPSA) is 472 Å². The Morgan fingerprint density at radius 2 is 1.09 bits per heavy atom. The Labute approximate surface area is 545 Å². The molecule has 0 aromatic rings. The highest BCUT2D eigenvalue weighted by Crippen LogP contribution is 2.76. The van der Waals surface area contributed by atoms with Crippen LogP contribution in [0.25, 0.3) is 0 Å². The second-order valence-corrected chi connectivity index (χ2v) is 30.8. The van der Waals surface area contributed by atoms with Gasteiger partial charge < -0.3 is 144 Å². The lowest BCUT2D eigenvalue weighted by Gasteiger charge is -2.71. The van der Waals surface area contributed by atoms with Crippen molar-refractivity contribution >= 4 is 5.97 Å². The zero-order valence-electron chi connectivity index (χ0n) is 54.6. The third-order valence-electron chi connectivity index (χ3n) is 24.9. The molecular weight excluding hydrogens is 1250 g/mol. The molecule has 540 valence electrons. The smallest absolute Gasteiger partial charge is 0.315 e. The number of carbonyl (C=O) groups excluding carboxylic acids is 1. The number of aliphatic hydroxyl groups is 17. The summed E-state index contributed by atoms with van der Waals surface area (Å²) >= 11 is 0. The Bertz CT molecular complexity index is 2640. The van der Waals surface area contributed by atoms with Gasteiger partial charge in [-0.3, -0.25) is 4.79 Å². The summed E-state index contributed by atoms with van der Waals surface area (Å²) in [5.74, 6) is -1.01. The van der Waals surface area contributed by atoms with Crippen molar-refractivity contribution < 1.29 is 148 Å². The van der Waals surface area contributed by atoms with Gasteiger partial charge >= 0.3 is 5.97 Å². The van der Waals surface area contributed by atoms with E-state index in [0.717, 1.165) is 12.0 Å². The van der Waals surface area contributed by atoms with E-state index in [1.54, 1.807) is 0 Å². The van der Waals surface area contributed by atoms with Crippen molar-refractivity contribution in [2.24, 2.45) is 50.2 Å². The summed E-state index contributed by atoms with van der Waals surface area (Å²) in [5.41, 5.74) is -2.22. The van der Waals surface area contributed by atoms with Crippen molar-refractivity contribution in [2.45, 2.75) is 298 Å². The molecule has 10 fully saturated rings. The highest BCUT2D eigenvalue weighted by molar-refractivity contribution is 5.79. The Morgan fingerprint density at radius 3 is 1.77 bits per heavy atom. The number of ether oxygens (including phenoxy) is 12. The number of hydrogen-bond acceptors (Lipinski definition) is 30. The largest absolute Gasteiger partial charge is 0.432 e. The first-order chi connectivity index (χ1) is 44.1. The molecule has 0 spiro atoms. The zero-order valence-corrected chi connectivity index (χ0v) is 54.6. The highest BCUT2D eigenvalue weighted by atomic mass is 16.8. The number of allylic oxidation sites excluding steroid dienone is 2. The summed E-state index contributed by atoms with van der Waals surface area (Å²) in [6.45, 7) is 13.7. The maximum atomic E-state index is 15.3. The number of aliphatic hydroxyl groups excluding tert-OH is 17. The zero-order chi connectivity index (χ0) is 68.4. The monoisotopic (exact) mass is 1350 g/mol. The van der Waals surface area contributed by atoms with Crippen LogP contribution in [0.1, 0.15) is 120 Å². The fraction of sp³-hybridized carbons (Fsp3) is 0.953. The third-order valence-corrected chi connectivity index (χ3v) is 24.9. The van der Waals surface area contributed by atoms with E-state index in [1.165, 1.54) is 13.8 Å². The lowest BCUT2D eigenvalue weighted by molar-refractivity contribution is -0.379. The number of rotatable bonds is 15. The minimum Gasteiger partial charge on any atom is -0.432 e. The van der Waals surface area contributed by atoms with Gasteiger partial charge in [-0.15, -0.1) is 0 Å². The lowest BCUT2D eigenvalue weighted by atomic mass is 9.33. The molecule has 0 unspecified atom stereocenters. The average molecular weight is 1350 g/mol. The lowest BCUT2D eigenvalue weighted by Crippen LogP contribution is -2.67. The SMILES string of the molecule is C[C@@H]1O[C@@H](O[C@H]2[C@H](O)[C@@H](O)[C@H](OC[C@H]3O[C@@H](OC(=O)[C@]45CCC(C)(C)C[C@H]4C4=CC[C@@H]6[C@@]7(C)CC[C@H](O[C@@H]8OC[C@H](O)[C@H](O)[C@H]8O[C@@H]8O[C@@H](C)[C@H](O)[C@@H](O[C@@H]9OC[C@@H](O)[C@@H](O)[C@H]9O)[C@H]8O)[C@@](C)(CO)[C@@H]7CC[C@@]6(C)[C@]4(C)CC5)[C@H](O)[C@@H](O)[C@@H]3O)O[C@@H]2CO)[C@H](O)[C@H](O)[C@H]1O. The fourth-order valence-corrected chi connectivity index (χ4v) is 18.7. The van der Waals surface area contributed by atoms with Crippen LogP contribution in [-0.4, -0.2) is 304 Å². The van der Waals surface area contributed by atoms with Gasteiger partial charge in [-0.05, 0) is 117 Å². The van der Waals surface area contributed by atoms with Gasteiger partial charge in [-0.25, -0.2) is 0 Å². The van der Waals surface area contributed by atoms with Gasteiger partial charge in [0, 0.05) is 5.41 Å². The molecule has 0 bridgehead atoms. The van der Waals surface area contributed by atoms with Crippen LogP contribution < -0.4 is 0 Å². The summed E-state index contributed by atoms with van der Waals surface area (Å²) in [5, 5.41) is 185. The van der Waals surface area contributed by atoms with E-state index in [2.05, 4.69) is 40.7 Å². The van der Waals surface area contributed by atoms with Crippen molar-refractivity contribution in [3.63, 3.8) is 0 Å². The van der Waals surface area contributed by atoms with E-state index >= 15 is 4.79 Å². The van der Waals surface area contributed by atoms with Gasteiger partial charge in [0.1, 0.15) is 122 Å². The van der Waals surface area contributed by atoms with Crippen LogP contribution in [0.4, 0.5) is 0 Å². The fourth-order valence-electron chi connectivity index (χ4n) is 18.7. The predicted octanol–water partition coefficient (Wildman–Crippen LogP) is -4.08. The number of esters is 1. The second kappa shape index (κ2) is 27.5. The van der Waals surface area contributed by atoms with E-state index in [1.807, 2.05) is 6.92 Å². The van der Waals surface area contributed by atoms with Gasteiger partial charge in [0.25, 0.3) is 0 Å². The van der Waals surface area contributed by atoms with E-state index in [-0.39, 0.29) is 47.2 Å². The molecule has 6 saturated heterocycles. The van der Waals surface area contributed by atoms with Gasteiger partial charge in [0.05, 0.1) is 56.8 Å². The molecule has 17 N–H and O–H groups in total. The predicted molar refractivity (Wildman–Crippen MR) is 315 cm³/mol. The summed E-state index contributed by atoms with van der Waals surface area (Å²) in [6, 6.07) is 0. The molecular formula is C64H104O30. The standard InChI is InChI=1S/C64H104O30/c1-25-36(69)41(74)45(78)54(86-25)91-49-31(20-65)88-52(47(80)43(49)76)85-23-32-40(73)42(75)46(79)55(89-32)94-58(82)64-17-15-59(3,4)19-28(64)27-9-10-34-60(5)13-12-35(61(6,24-66)33(60)11-14-63(34,8)62(27,7)16-18-64)90-57-51(39(72)30(68)22-84-57)93-56-48(81)50(37(70)26(2)87-56)92-53-44(77)38(71)29(67)21-83-53/h9,25-26,28-57,65-81H,10-24H2,1-8H3/t25-,26-,28-,29+,30-,31+,32+,33+,34+,35-,36-,37-,38+,39-,40+,41+,42-,43+,44+,45+,46+,47+,48+,49+,50+,51+,52+,53-,54-,55-,56-,57-,60-,61-,62+,63+,64-/m0/s1. The van der Waals surface area contributed by atoms with Crippen LogP contribution in [0.5, 0.6) is 0 Å². The molecule has 4 saturated carbocycles. The summed E-state index contributed by atoms with van der Waals surface area (Å²) < 4.78 is 71.3. The molecule has 30 heteroatoms. The van der Waals surface area contributed by atoms with Crippen LogP contribution in [0.3, 0.4) is 0 Å². The first-order valence-electron chi connectivity index (χ1n) is 33.5. The molecule has 94 heavy (non-hydrogen) atoms. The van der Waals surface area contributed by atoms with Crippen LogP contribution in [0, 0.1) is 50.2 Å². The minimum absolute atomic E-state index is 0.0747. The molecule has 0 radical (unpaired) electrons. The van der Waals surface area contributed by atoms with Crippen LogP contribution in [0.2, 0.25) is 0 Å². The number of hydrogen-bond donors (Lipinski definition) is 17. The van der Waals surface area contributed by atoms with Gasteiger partial charge in [0.2, 0.25) is 6.29 Å². The Hall–Kier alpha value is -1.91. The van der Waals surface area contributed by atoms with Crippen molar-refractivity contribution in [1.29, 1.82) is 0 Å². The van der Waals surface area contributed by atoms with Gasteiger partial charge in [-0.1, -0.05) is 53.2 Å². The van der Waals surface area contributed by atoms with Crippen LogP contribution >= 0.6 is 0 Å². The van der Waals surface area contributed by atoms with Crippen molar-refractivity contribution in [1.82, 2.24) is 0 Å². The second-order valence-electron chi connectivity index (χ2n) is 30.8. The van der Waals surface area contributed by atoms with Gasteiger partial charge in [-0.2, -0.15) is 0 Å². The summed E-state index contributed by atoms with van der Waals surface area (Å²) in [7, 11) is 0. The summed E-state index contributed by atoms with van der Waals surface area (Å²) in [4.78, 5) is 15.3. The van der Waals surface area contributed by atoms with Crippen LogP contribution in [-0.2, 0) is 61.6 Å². The van der Waals surface area contributed by atoms with Gasteiger partial charge in [0.15, 0.2) is 31.5 Å². The molecule has 6 aliphatic heterocycles. The molecule has 0 amide bonds. The molecule has 11 rings (SSSR count). The molecule has 37 atom stereocenters. The minimum atomic E-state index is -1.92. The molecule has 6 heterocycles. The maximum Gasteiger partial charge on any atom is 0.315 e. The van der Waals surface area contributed by atoms with E-state index in [0.29, 0.717) is 57.8 Å². The highest BCUT2D eigenvalue weighted by Gasteiger charge is 2.71. The first kappa shape index (κ1) is 73.3. The molecule has 11 aliphatic rings. The van der Waals surface area contributed by atoms with Crippen molar-refractivity contribution in [2.75, 3.05) is 33.0 Å². The maximum absolute atomic E-state index is 15.3. The van der Waals surface area contributed by atoms with E-state index in [4.69, 9.17) is 56.8 Å². The summed E-state index contributed by atoms with van der Waals surface area (Å²) in [6.07, 6.45) is -37.4. The Kier molecular flexibility index (Phi) is 21.4. The third kappa shape index (κ3) is 12.5. The van der Waals surface area contributed by atoms with Crippen molar-refractivity contribution in [3.8, 4) is 0 Å². The number of carbonyl (C=O) groups is 1. The Balaban J connectivity index is 0.771. The molecule has 0 aromatic heterocycles. The van der Waals surface area contributed by atoms with Crippen molar-refractivity contribution in [3.05, 3.63) is 11.6 Å². The molecule has 5 aliphatic carbocycles. The van der Waals surface area contributed by atoms with E-state index in [9.17, 15) is 86.8 Å². The molecule has 0 aromatic carbocycles. The quantitative estimate of drug-likeness (QED) is 0.0421. The normalized spacial score (nSPS) is 55.3. The van der Waals surface area contributed by atoms with E-state index < -0.39 is 220 Å². The Morgan fingerprint density at radius 1 is 0.511 bits per heavy atom. The van der Waals surface area contributed by atoms with Crippen LogP contribution in [0.15, 0.2) is 11.6 Å². The average Bonchev–Trinajstić information content (AvgIpc) is 0.676. The molecule has 30 nitrogen and oxygen atoms in total.